The van der Waals surface area contributed by atoms with Gasteiger partial charge in [-0.2, -0.15) is 0 Å². The Bertz CT molecular complexity index is 350. The van der Waals surface area contributed by atoms with Crippen molar-refractivity contribution in [3.05, 3.63) is 23.7 Å². The number of hydrogen-bond donors (Lipinski definition) is 1. The van der Waals surface area contributed by atoms with E-state index in [-0.39, 0.29) is 5.76 Å². The minimum absolute atomic E-state index is 0.0257. The standard InChI is InChI=1S/C12H16O4/c13-12(14)11-7-6-10(16-11)8-15-9-4-2-1-3-5-9/h6-7,9H,1-5,8H2,(H,13,14). The third kappa shape index (κ3) is 2.85. The van der Waals surface area contributed by atoms with Crippen molar-refractivity contribution in [3.8, 4) is 0 Å². The third-order valence-corrected chi connectivity index (χ3v) is 2.89. The maximum Gasteiger partial charge on any atom is 0.371 e. The monoisotopic (exact) mass is 224 g/mol. The molecule has 4 nitrogen and oxygen atoms in total. The average Bonchev–Trinajstić information content (AvgIpc) is 2.76. The molecule has 0 aromatic carbocycles. The van der Waals surface area contributed by atoms with Crippen LogP contribution in [0, 0.1) is 0 Å². The lowest BCUT2D eigenvalue weighted by Gasteiger charge is -2.21. The summed E-state index contributed by atoms with van der Waals surface area (Å²) < 4.78 is 10.8. The van der Waals surface area contributed by atoms with E-state index in [4.69, 9.17) is 14.3 Å². The summed E-state index contributed by atoms with van der Waals surface area (Å²) >= 11 is 0. The highest BCUT2D eigenvalue weighted by atomic mass is 16.5. The Morgan fingerprint density at radius 2 is 2.12 bits per heavy atom. The fourth-order valence-electron chi connectivity index (χ4n) is 2.00. The molecule has 1 aliphatic carbocycles. The van der Waals surface area contributed by atoms with Crippen molar-refractivity contribution < 1.29 is 19.1 Å². The molecule has 4 heteroatoms. The molecule has 0 saturated heterocycles. The second-order valence-corrected chi connectivity index (χ2v) is 4.14. The summed E-state index contributed by atoms with van der Waals surface area (Å²) in [6, 6.07) is 3.12. The number of carboxylic acid groups (broad SMARTS) is 1. The second kappa shape index (κ2) is 5.16. The van der Waals surface area contributed by atoms with Crippen LogP contribution in [0.1, 0.15) is 48.4 Å². The molecule has 16 heavy (non-hydrogen) atoms. The molecule has 0 bridgehead atoms. The van der Waals surface area contributed by atoms with Crippen molar-refractivity contribution in [2.45, 2.75) is 44.8 Å². The number of furan rings is 1. The van der Waals surface area contributed by atoms with Crippen LogP contribution in [0.15, 0.2) is 16.5 Å². The molecule has 2 rings (SSSR count). The summed E-state index contributed by atoms with van der Waals surface area (Å²) in [6.07, 6.45) is 6.27. The van der Waals surface area contributed by atoms with Gasteiger partial charge in [0.15, 0.2) is 0 Å². The molecule has 0 aliphatic heterocycles. The van der Waals surface area contributed by atoms with Crippen LogP contribution in [0.4, 0.5) is 0 Å². The molecular weight excluding hydrogens is 208 g/mol. The van der Waals surface area contributed by atoms with Gasteiger partial charge in [-0.3, -0.25) is 0 Å². The summed E-state index contributed by atoms with van der Waals surface area (Å²) in [7, 11) is 0. The molecule has 0 atom stereocenters. The van der Waals surface area contributed by atoms with E-state index >= 15 is 0 Å². The lowest BCUT2D eigenvalue weighted by atomic mass is 9.98. The van der Waals surface area contributed by atoms with E-state index in [1.807, 2.05) is 0 Å². The van der Waals surface area contributed by atoms with Crippen molar-refractivity contribution in [3.63, 3.8) is 0 Å². The van der Waals surface area contributed by atoms with Gasteiger partial charge in [0, 0.05) is 0 Å². The normalized spacial score (nSPS) is 17.5. The first kappa shape index (κ1) is 11.2. The number of carbonyl (C=O) groups is 1. The Morgan fingerprint density at radius 3 is 2.75 bits per heavy atom. The first-order chi connectivity index (χ1) is 7.75. The van der Waals surface area contributed by atoms with Crippen molar-refractivity contribution in [1.29, 1.82) is 0 Å². The number of rotatable bonds is 4. The minimum atomic E-state index is -1.04. The minimum Gasteiger partial charge on any atom is -0.475 e. The van der Waals surface area contributed by atoms with Crippen LogP contribution in [0.5, 0.6) is 0 Å². The fraction of sp³-hybridized carbons (Fsp3) is 0.583. The molecule has 0 amide bonds. The number of ether oxygens (including phenoxy) is 1. The van der Waals surface area contributed by atoms with E-state index in [0.717, 1.165) is 12.8 Å². The van der Waals surface area contributed by atoms with E-state index in [0.29, 0.717) is 18.5 Å². The second-order valence-electron chi connectivity index (χ2n) is 4.14. The molecule has 0 unspecified atom stereocenters. The van der Waals surface area contributed by atoms with Crippen LogP contribution in [0.25, 0.3) is 0 Å². The van der Waals surface area contributed by atoms with Gasteiger partial charge in [0.25, 0.3) is 0 Å². The zero-order valence-corrected chi connectivity index (χ0v) is 9.15. The Kier molecular flexibility index (Phi) is 3.62. The maximum atomic E-state index is 10.6. The van der Waals surface area contributed by atoms with Gasteiger partial charge >= 0.3 is 5.97 Å². The lowest BCUT2D eigenvalue weighted by Crippen LogP contribution is -2.16. The molecule has 0 radical (unpaired) electrons. The van der Waals surface area contributed by atoms with Gasteiger partial charge in [0.2, 0.25) is 5.76 Å². The van der Waals surface area contributed by atoms with Crippen molar-refractivity contribution >= 4 is 5.97 Å². The number of hydrogen-bond acceptors (Lipinski definition) is 3. The van der Waals surface area contributed by atoms with Crippen LogP contribution in [0.3, 0.4) is 0 Å². The maximum absolute atomic E-state index is 10.6. The predicted molar refractivity (Wildman–Crippen MR) is 57.3 cm³/mol. The van der Waals surface area contributed by atoms with Crippen LogP contribution in [-0.2, 0) is 11.3 Å². The summed E-state index contributed by atoms with van der Waals surface area (Å²) in [4.78, 5) is 10.6. The van der Waals surface area contributed by atoms with Gasteiger partial charge in [0.05, 0.1) is 6.10 Å². The molecule has 88 valence electrons. The van der Waals surface area contributed by atoms with Crippen molar-refractivity contribution in [2.24, 2.45) is 0 Å². The zero-order valence-electron chi connectivity index (χ0n) is 9.15. The Labute approximate surface area is 94.2 Å². The molecule has 1 aromatic heterocycles. The lowest BCUT2D eigenvalue weighted by molar-refractivity contribution is 0.00816. The van der Waals surface area contributed by atoms with Crippen LogP contribution >= 0.6 is 0 Å². The van der Waals surface area contributed by atoms with Crippen molar-refractivity contribution in [2.75, 3.05) is 0 Å². The molecule has 1 saturated carbocycles. The van der Waals surface area contributed by atoms with E-state index in [1.54, 1.807) is 6.07 Å². The van der Waals surface area contributed by atoms with E-state index in [1.165, 1.54) is 25.3 Å². The summed E-state index contributed by atoms with van der Waals surface area (Å²) in [5, 5.41) is 8.68. The highest BCUT2D eigenvalue weighted by Crippen LogP contribution is 2.21. The fourth-order valence-corrected chi connectivity index (χ4v) is 2.00. The summed E-state index contributed by atoms with van der Waals surface area (Å²) in [6.45, 7) is 0.373. The van der Waals surface area contributed by atoms with Crippen LogP contribution in [0.2, 0.25) is 0 Å². The molecule has 1 aromatic rings. The zero-order chi connectivity index (χ0) is 11.4. The highest BCUT2D eigenvalue weighted by molar-refractivity contribution is 5.84. The largest absolute Gasteiger partial charge is 0.475 e. The van der Waals surface area contributed by atoms with Gasteiger partial charge in [-0.15, -0.1) is 0 Å². The van der Waals surface area contributed by atoms with E-state index in [9.17, 15) is 4.79 Å². The summed E-state index contributed by atoms with van der Waals surface area (Å²) in [5.74, 6) is -0.478. The number of aromatic carboxylic acids is 1. The van der Waals surface area contributed by atoms with Gasteiger partial charge in [-0.25, -0.2) is 4.79 Å². The molecule has 0 spiro atoms. The first-order valence-electron chi connectivity index (χ1n) is 5.69. The Morgan fingerprint density at radius 1 is 1.38 bits per heavy atom. The van der Waals surface area contributed by atoms with Gasteiger partial charge in [-0.1, -0.05) is 19.3 Å². The average molecular weight is 224 g/mol. The van der Waals surface area contributed by atoms with Crippen LogP contribution in [-0.4, -0.2) is 17.2 Å². The molecule has 1 heterocycles. The van der Waals surface area contributed by atoms with Gasteiger partial charge < -0.3 is 14.3 Å². The van der Waals surface area contributed by atoms with E-state index in [2.05, 4.69) is 0 Å². The number of carboxylic acids is 1. The molecule has 1 N–H and O–H groups in total. The van der Waals surface area contributed by atoms with Crippen LogP contribution < -0.4 is 0 Å². The molecule has 1 fully saturated rings. The first-order valence-corrected chi connectivity index (χ1v) is 5.69. The SMILES string of the molecule is O=C(O)c1ccc(COC2CCCCC2)o1. The van der Waals surface area contributed by atoms with E-state index < -0.39 is 5.97 Å². The smallest absolute Gasteiger partial charge is 0.371 e. The Balaban J connectivity index is 1.81. The summed E-state index contributed by atoms with van der Waals surface area (Å²) in [5.41, 5.74) is 0. The highest BCUT2D eigenvalue weighted by Gasteiger charge is 2.15. The Hall–Kier alpha value is -1.29. The molecule has 1 aliphatic rings. The third-order valence-electron chi connectivity index (χ3n) is 2.89. The van der Waals surface area contributed by atoms with Gasteiger partial charge in [-0.05, 0) is 25.0 Å². The van der Waals surface area contributed by atoms with Crippen molar-refractivity contribution in [1.82, 2.24) is 0 Å². The molecular formula is C12H16O4. The predicted octanol–water partition coefficient (Wildman–Crippen LogP) is 2.83. The van der Waals surface area contributed by atoms with Gasteiger partial charge in [0.1, 0.15) is 12.4 Å². The quantitative estimate of drug-likeness (QED) is 0.854. The topological polar surface area (TPSA) is 59.7 Å².